The smallest absolute Gasteiger partial charge is 0.341 e. The molecule has 25 heavy (non-hydrogen) atoms. The highest BCUT2D eigenvalue weighted by Gasteiger charge is 2.13. The lowest BCUT2D eigenvalue weighted by Crippen LogP contribution is -2.20. The molecule has 5 nitrogen and oxygen atoms in total. The predicted octanol–water partition coefficient (Wildman–Crippen LogP) is 2.95. The van der Waals surface area contributed by atoms with E-state index in [1.165, 1.54) is 32.4 Å². The first kappa shape index (κ1) is 18.2. The standard InChI is InChI=1S/C19H18FNO4/c1-24-17-9-5-14(11-16(17)19(23)25-2)12-21-18(22)10-6-13-3-7-15(20)8-4-13/h3-11H,12H2,1-2H3,(H,21,22)/b10-6+. The topological polar surface area (TPSA) is 64.6 Å². The van der Waals surface area contributed by atoms with E-state index in [0.717, 1.165) is 5.56 Å². The van der Waals surface area contributed by atoms with Crippen molar-refractivity contribution in [2.45, 2.75) is 6.54 Å². The monoisotopic (exact) mass is 343 g/mol. The molecule has 2 aromatic rings. The van der Waals surface area contributed by atoms with Gasteiger partial charge in [-0.3, -0.25) is 4.79 Å². The first-order valence-electron chi connectivity index (χ1n) is 7.50. The molecule has 0 aliphatic rings. The van der Waals surface area contributed by atoms with Crippen LogP contribution in [0.4, 0.5) is 4.39 Å². The van der Waals surface area contributed by atoms with Crippen LogP contribution in [0.15, 0.2) is 48.5 Å². The van der Waals surface area contributed by atoms with E-state index < -0.39 is 5.97 Å². The van der Waals surface area contributed by atoms with Gasteiger partial charge in [0, 0.05) is 12.6 Å². The third kappa shape index (κ3) is 5.17. The van der Waals surface area contributed by atoms with Gasteiger partial charge in [0.15, 0.2) is 0 Å². The van der Waals surface area contributed by atoms with Gasteiger partial charge in [0.2, 0.25) is 5.91 Å². The van der Waals surface area contributed by atoms with Crippen LogP contribution in [-0.4, -0.2) is 26.1 Å². The molecule has 0 spiro atoms. The molecular weight excluding hydrogens is 325 g/mol. The van der Waals surface area contributed by atoms with Gasteiger partial charge in [0.25, 0.3) is 0 Å². The summed E-state index contributed by atoms with van der Waals surface area (Å²) >= 11 is 0. The van der Waals surface area contributed by atoms with Crippen LogP contribution in [0.5, 0.6) is 5.75 Å². The summed E-state index contributed by atoms with van der Waals surface area (Å²) in [4.78, 5) is 23.6. The minimum absolute atomic E-state index is 0.237. The number of ether oxygens (including phenoxy) is 2. The van der Waals surface area contributed by atoms with Crippen LogP contribution < -0.4 is 10.1 Å². The van der Waals surface area contributed by atoms with Gasteiger partial charge >= 0.3 is 5.97 Å². The fraction of sp³-hybridized carbons (Fsp3) is 0.158. The molecule has 0 saturated heterocycles. The Kier molecular flexibility index (Phi) is 6.28. The Labute approximate surface area is 145 Å². The third-order valence-corrected chi connectivity index (χ3v) is 3.43. The largest absolute Gasteiger partial charge is 0.496 e. The lowest BCUT2D eigenvalue weighted by Gasteiger charge is -2.09. The highest BCUT2D eigenvalue weighted by Crippen LogP contribution is 2.20. The first-order chi connectivity index (χ1) is 12.0. The lowest BCUT2D eigenvalue weighted by atomic mass is 10.1. The highest BCUT2D eigenvalue weighted by molar-refractivity contribution is 5.93. The van der Waals surface area contributed by atoms with Crippen molar-refractivity contribution in [2.24, 2.45) is 0 Å². The van der Waals surface area contributed by atoms with E-state index in [1.807, 2.05) is 0 Å². The van der Waals surface area contributed by atoms with Crippen LogP contribution >= 0.6 is 0 Å². The second-order valence-electron chi connectivity index (χ2n) is 5.13. The molecule has 6 heteroatoms. The summed E-state index contributed by atoms with van der Waals surface area (Å²) in [6, 6.07) is 10.8. The van der Waals surface area contributed by atoms with E-state index in [0.29, 0.717) is 16.9 Å². The molecule has 0 radical (unpaired) electrons. The van der Waals surface area contributed by atoms with Crippen molar-refractivity contribution >= 4 is 18.0 Å². The minimum Gasteiger partial charge on any atom is -0.496 e. The molecule has 0 bridgehead atoms. The molecule has 0 heterocycles. The van der Waals surface area contributed by atoms with Crippen molar-refractivity contribution in [2.75, 3.05) is 14.2 Å². The van der Waals surface area contributed by atoms with Crippen LogP contribution in [0.3, 0.4) is 0 Å². The first-order valence-corrected chi connectivity index (χ1v) is 7.50. The zero-order valence-electron chi connectivity index (χ0n) is 13.9. The van der Waals surface area contributed by atoms with Crippen molar-refractivity contribution in [1.82, 2.24) is 5.32 Å². The van der Waals surface area contributed by atoms with Crippen LogP contribution in [0.25, 0.3) is 6.08 Å². The summed E-state index contributed by atoms with van der Waals surface area (Å²) in [6.07, 6.45) is 2.95. The molecule has 0 unspecified atom stereocenters. The number of rotatable bonds is 6. The molecule has 0 aliphatic carbocycles. The summed E-state index contributed by atoms with van der Waals surface area (Å²) in [5.41, 5.74) is 1.73. The third-order valence-electron chi connectivity index (χ3n) is 3.43. The van der Waals surface area contributed by atoms with Gasteiger partial charge in [-0.1, -0.05) is 18.2 Å². The number of methoxy groups -OCH3 is 2. The van der Waals surface area contributed by atoms with Crippen molar-refractivity contribution in [1.29, 1.82) is 0 Å². The molecule has 0 aromatic heterocycles. The quantitative estimate of drug-likeness (QED) is 0.647. The molecule has 0 saturated carbocycles. The molecular formula is C19H18FNO4. The Bertz CT molecular complexity index is 785. The Morgan fingerprint density at radius 1 is 1.12 bits per heavy atom. The highest BCUT2D eigenvalue weighted by atomic mass is 19.1. The number of amides is 1. The molecule has 1 N–H and O–H groups in total. The van der Waals surface area contributed by atoms with Crippen LogP contribution in [-0.2, 0) is 16.1 Å². The maximum atomic E-state index is 12.8. The van der Waals surface area contributed by atoms with Gasteiger partial charge in [0.05, 0.1) is 14.2 Å². The Balaban J connectivity index is 1.99. The number of hydrogen-bond acceptors (Lipinski definition) is 4. The number of esters is 1. The van der Waals surface area contributed by atoms with Crippen LogP contribution in [0, 0.1) is 5.82 Å². The number of carbonyl (C=O) groups excluding carboxylic acids is 2. The number of nitrogens with one attached hydrogen (secondary N) is 1. The minimum atomic E-state index is -0.513. The van der Waals surface area contributed by atoms with Crippen molar-refractivity contribution < 1.29 is 23.5 Å². The Morgan fingerprint density at radius 3 is 2.48 bits per heavy atom. The van der Waals surface area contributed by atoms with Crippen molar-refractivity contribution in [3.05, 3.63) is 71.0 Å². The van der Waals surface area contributed by atoms with Gasteiger partial charge in [0.1, 0.15) is 17.1 Å². The summed E-state index contributed by atoms with van der Waals surface area (Å²) in [7, 11) is 2.75. The Morgan fingerprint density at radius 2 is 1.84 bits per heavy atom. The molecule has 0 atom stereocenters. The van der Waals surface area contributed by atoms with Gasteiger partial charge in [-0.25, -0.2) is 9.18 Å². The second-order valence-corrected chi connectivity index (χ2v) is 5.13. The second kappa shape index (κ2) is 8.63. The SMILES string of the molecule is COC(=O)c1cc(CNC(=O)/C=C/c2ccc(F)cc2)ccc1OC. The molecule has 2 rings (SSSR count). The predicted molar refractivity (Wildman–Crippen MR) is 91.6 cm³/mol. The number of halogens is 1. The summed E-state index contributed by atoms with van der Waals surface area (Å²) < 4.78 is 22.6. The molecule has 0 aliphatic heterocycles. The number of carbonyl (C=O) groups is 2. The number of hydrogen-bond donors (Lipinski definition) is 1. The summed E-state index contributed by atoms with van der Waals surface area (Å²) in [6.45, 7) is 0.237. The fourth-order valence-corrected chi connectivity index (χ4v) is 2.13. The van der Waals surface area contributed by atoms with E-state index in [1.54, 1.807) is 36.4 Å². The van der Waals surface area contributed by atoms with E-state index in [9.17, 15) is 14.0 Å². The van der Waals surface area contributed by atoms with Gasteiger partial charge < -0.3 is 14.8 Å². The summed E-state index contributed by atoms with van der Waals surface area (Å²) in [5.74, 6) is -0.748. The molecule has 2 aromatic carbocycles. The van der Waals surface area contributed by atoms with Gasteiger partial charge in [-0.05, 0) is 41.5 Å². The van der Waals surface area contributed by atoms with E-state index in [2.05, 4.69) is 5.32 Å². The molecule has 1 amide bonds. The van der Waals surface area contributed by atoms with Gasteiger partial charge in [-0.15, -0.1) is 0 Å². The summed E-state index contributed by atoms with van der Waals surface area (Å²) in [5, 5.41) is 2.71. The molecule has 0 fully saturated rings. The van der Waals surface area contributed by atoms with Crippen molar-refractivity contribution in [3.8, 4) is 5.75 Å². The number of benzene rings is 2. The maximum absolute atomic E-state index is 12.8. The average Bonchev–Trinajstić information content (AvgIpc) is 2.65. The zero-order chi connectivity index (χ0) is 18.2. The van der Waals surface area contributed by atoms with Crippen LogP contribution in [0.1, 0.15) is 21.5 Å². The fourth-order valence-electron chi connectivity index (χ4n) is 2.13. The maximum Gasteiger partial charge on any atom is 0.341 e. The Hall–Kier alpha value is -3.15. The molecule has 130 valence electrons. The van der Waals surface area contributed by atoms with E-state index in [4.69, 9.17) is 9.47 Å². The average molecular weight is 343 g/mol. The normalized spacial score (nSPS) is 10.5. The lowest BCUT2D eigenvalue weighted by molar-refractivity contribution is -0.116. The van der Waals surface area contributed by atoms with Crippen LogP contribution in [0.2, 0.25) is 0 Å². The van der Waals surface area contributed by atoms with Gasteiger partial charge in [-0.2, -0.15) is 0 Å². The zero-order valence-corrected chi connectivity index (χ0v) is 13.9. The van der Waals surface area contributed by atoms with Crippen molar-refractivity contribution in [3.63, 3.8) is 0 Å². The van der Waals surface area contributed by atoms with E-state index >= 15 is 0 Å². The van der Waals surface area contributed by atoms with E-state index in [-0.39, 0.29) is 18.3 Å².